The summed E-state index contributed by atoms with van der Waals surface area (Å²) in [5.74, 6) is 1.61. The van der Waals surface area contributed by atoms with E-state index >= 15 is 0 Å². The van der Waals surface area contributed by atoms with Crippen molar-refractivity contribution in [1.29, 1.82) is 0 Å². The van der Waals surface area contributed by atoms with E-state index in [1.54, 1.807) is 0 Å². The molecule has 0 aliphatic heterocycles. The maximum atomic E-state index is 11.9. The molecule has 3 rings (SSSR count). The van der Waals surface area contributed by atoms with Crippen LogP contribution < -0.4 is 15.4 Å². The van der Waals surface area contributed by atoms with Crippen LogP contribution >= 0.6 is 0 Å². The Morgan fingerprint density at radius 3 is 2.24 bits per heavy atom. The second-order valence-electron chi connectivity index (χ2n) is 7.49. The first kappa shape index (κ1) is 18.1. The van der Waals surface area contributed by atoms with Gasteiger partial charge < -0.3 is 15.4 Å². The zero-order valence-corrected chi connectivity index (χ0v) is 15.3. The van der Waals surface area contributed by atoms with Crippen LogP contribution in [0.4, 0.5) is 4.79 Å². The topological polar surface area (TPSA) is 50.4 Å². The van der Waals surface area contributed by atoms with Crippen LogP contribution in [-0.4, -0.2) is 25.2 Å². The molecule has 0 spiro atoms. The van der Waals surface area contributed by atoms with Crippen LogP contribution in [0.25, 0.3) is 0 Å². The van der Waals surface area contributed by atoms with E-state index in [1.807, 2.05) is 0 Å². The van der Waals surface area contributed by atoms with Gasteiger partial charge in [-0.05, 0) is 49.3 Å². The molecule has 0 heterocycles. The van der Waals surface area contributed by atoms with Gasteiger partial charge in [-0.2, -0.15) is 0 Å². The monoisotopic (exact) mass is 344 g/mol. The first-order chi connectivity index (χ1) is 12.3. The Balaban J connectivity index is 1.32. The molecule has 1 aromatic carbocycles. The van der Waals surface area contributed by atoms with Crippen molar-refractivity contribution in [3.05, 3.63) is 29.8 Å². The van der Waals surface area contributed by atoms with Gasteiger partial charge in [0, 0.05) is 6.04 Å². The van der Waals surface area contributed by atoms with Crippen LogP contribution in [0.2, 0.25) is 0 Å². The average molecular weight is 344 g/mol. The van der Waals surface area contributed by atoms with Crippen LogP contribution in [0.1, 0.15) is 75.7 Å². The Morgan fingerprint density at radius 2 is 1.56 bits per heavy atom. The van der Waals surface area contributed by atoms with Crippen molar-refractivity contribution in [2.45, 2.75) is 76.2 Å². The summed E-state index contributed by atoms with van der Waals surface area (Å²) >= 11 is 0. The molecule has 25 heavy (non-hydrogen) atoms. The normalized spacial score (nSPS) is 19.4. The van der Waals surface area contributed by atoms with Gasteiger partial charge in [-0.3, -0.25) is 0 Å². The van der Waals surface area contributed by atoms with E-state index in [1.165, 1.54) is 56.9 Å². The molecule has 4 nitrogen and oxygen atoms in total. The number of hydrogen-bond donors (Lipinski definition) is 2. The second-order valence-corrected chi connectivity index (χ2v) is 7.49. The molecule has 0 radical (unpaired) electrons. The zero-order chi connectivity index (χ0) is 17.3. The van der Waals surface area contributed by atoms with Gasteiger partial charge >= 0.3 is 6.03 Å². The summed E-state index contributed by atoms with van der Waals surface area (Å²) in [6, 6.07) is 8.81. The lowest BCUT2D eigenvalue weighted by atomic mass is 9.84. The van der Waals surface area contributed by atoms with Gasteiger partial charge in [-0.15, -0.1) is 0 Å². The molecule has 2 fully saturated rings. The fourth-order valence-electron chi connectivity index (χ4n) is 4.09. The number of amides is 2. The summed E-state index contributed by atoms with van der Waals surface area (Å²) < 4.78 is 5.75. The zero-order valence-electron chi connectivity index (χ0n) is 15.3. The van der Waals surface area contributed by atoms with Gasteiger partial charge in [0.05, 0.1) is 6.54 Å². The van der Waals surface area contributed by atoms with Crippen LogP contribution in [0.15, 0.2) is 24.3 Å². The minimum Gasteiger partial charge on any atom is -0.492 e. The number of nitrogens with one attached hydrogen (secondary N) is 2. The van der Waals surface area contributed by atoms with Crippen LogP contribution in [0.3, 0.4) is 0 Å². The number of benzene rings is 1. The quantitative estimate of drug-likeness (QED) is 0.732. The molecule has 2 aliphatic carbocycles. The van der Waals surface area contributed by atoms with E-state index in [2.05, 4.69) is 34.9 Å². The summed E-state index contributed by atoms with van der Waals surface area (Å²) in [4.78, 5) is 11.9. The van der Waals surface area contributed by atoms with Crippen LogP contribution in [0.5, 0.6) is 5.75 Å². The third-order valence-corrected chi connectivity index (χ3v) is 5.55. The third kappa shape index (κ3) is 5.94. The fraction of sp³-hybridized carbons (Fsp3) is 0.667. The number of carbonyl (C=O) groups is 1. The third-order valence-electron chi connectivity index (χ3n) is 5.55. The predicted octanol–water partition coefficient (Wildman–Crippen LogP) is 4.75. The summed E-state index contributed by atoms with van der Waals surface area (Å²) in [5.41, 5.74) is 1.44. The van der Waals surface area contributed by atoms with Crippen LogP contribution in [0, 0.1) is 0 Å². The number of rotatable bonds is 6. The second kappa shape index (κ2) is 9.69. The minimum atomic E-state index is -0.0665. The lowest BCUT2D eigenvalue weighted by Gasteiger charge is -2.23. The summed E-state index contributed by atoms with van der Waals surface area (Å²) in [5, 5.41) is 5.94. The minimum absolute atomic E-state index is 0.0665. The highest BCUT2D eigenvalue weighted by Crippen LogP contribution is 2.33. The van der Waals surface area contributed by atoms with Gasteiger partial charge in [-0.1, -0.05) is 50.7 Å². The Bertz CT molecular complexity index is 517. The Kier molecular flexibility index (Phi) is 7.01. The molecule has 2 saturated carbocycles. The van der Waals surface area contributed by atoms with E-state index in [0.717, 1.165) is 24.5 Å². The molecule has 1 aromatic rings. The first-order valence-electron chi connectivity index (χ1n) is 10.1. The number of urea groups is 1. The van der Waals surface area contributed by atoms with E-state index in [-0.39, 0.29) is 6.03 Å². The van der Waals surface area contributed by atoms with E-state index in [9.17, 15) is 4.79 Å². The van der Waals surface area contributed by atoms with Crippen molar-refractivity contribution < 1.29 is 9.53 Å². The largest absolute Gasteiger partial charge is 0.492 e. The number of carbonyl (C=O) groups excluding carboxylic acids is 1. The first-order valence-corrected chi connectivity index (χ1v) is 10.1. The molecule has 2 aliphatic rings. The summed E-state index contributed by atoms with van der Waals surface area (Å²) in [7, 11) is 0. The molecule has 0 bridgehead atoms. The Labute approximate surface area is 151 Å². The van der Waals surface area contributed by atoms with E-state index in [4.69, 9.17) is 4.74 Å². The Hall–Kier alpha value is -1.71. The van der Waals surface area contributed by atoms with Crippen molar-refractivity contribution >= 4 is 6.03 Å². The summed E-state index contributed by atoms with van der Waals surface area (Å²) in [6.07, 6.45) is 12.7. The SMILES string of the molecule is O=C(NCCOc1ccc(C2CCCCC2)cc1)NC1CCCCC1. The highest BCUT2D eigenvalue weighted by atomic mass is 16.5. The maximum Gasteiger partial charge on any atom is 0.315 e. The summed E-state index contributed by atoms with van der Waals surface area (Å²) in [6.45, 7) is 1.03. The fourth-order valence-corrected chi connectivity index (χ4v) is 4.09. The van der Waals surface area contributed by atoms with Gasteiger partial charge in [-0.25, -0.2) is 4.79 Å². The van der Waals surface area contributed by atoms with Crippen molar-refractivity contribution in [3.63, 3.8) is 0 Å². The van der Waals surface area contributed by atoms with E-state index in [0.29, 0.717) is 19.2 Å². The molecular weight excluding hydrogens is 312 g/mol. The molecule has 0 unspecified atom stereocenters. The van der Waals surface area contributed by atoms with E-state index < -0.39 is 0 Å². The van der Waals surface area contributed by atoms with Crippen molar-refractivity contribution in [1.82, 2.24) is 10.6 Å². The van der Waals surface area contributed by atoms with Gasteiger partial charge in [0.2, 0.25) is 0 Å². The smallest absolute Gasteiger partial charge is 0.315 e. The maximum absolute atomic E-state index is 11.9. The lowest BCUT2D eigenvalue weighted by molar-refractivity contribution is 0.228. The van der Waals surface area contributed by atoms with Crippen LogP contribution in [-0.2, 0) is 0 Å². The standard InChI is InChI=1S/C21H32N2O2/c24-21(23-19-9-5-2-6-10-19)22-15-16-25-20-13-11-18(12-14-20)17-7-3-1-4-8-17/h11-14,17,19H,1-10,15-16H2,(H2,22,23,24). The van der Waals surface area contributed by atoms with Gasteiger partial charge in [0.25, 0.3) is 0 Å². The number of ether oxygens (including phenoxy) is 1. The Morgan fingerprint density at radius 1 is 0.920 bits per heavy atom. The number of hydrogen-bond acceptors (Lipinski definition) is 2. The lowest BCUT2D eigenvalue weighted by Crippen LogP contribution is -2.44. The van der Waals surface area contributed by atoms with Crippen molar-refractivity contribution in [2.75, 3.05) is 13.2 Å². The molecule has 0 aromatic heterocycles. The highest BCUT2D eigenvalue weighted by Gasteiger charge is 2.16. The molecule has 138 valence electrons. The molecule has 2 amide bonds. The molecule has 4 heteroatoms. The molecule has 2 N–H and O–H groups in total. The molecule has 0 atom stereocenters. The van der Waals surface area contributed by atoms with Crippen molar-refractivity contribution in [2.24, 2.45) is 0 Å². The average Bonchev–Trinajstić information content (AvgIpc) is 2.67. The van der Waals surface area contributed by atoms with Gasteiger partial charge in [0.15, 0.2) is 0 Å². The van der Waals surface area contributed by atoms with Crippen molar-refractivity contribution in [3.8, 4) is 5.75 Å². The van der Waals surface area contributed by atoms with Gasteiger partial charge in [0.1, 0.15) is 12.4 Å². The highest BCUT2D eigenvalue weighted by molar-refractivity contribution is 5.74. The molecular formula is C21H32N2O2. The molecule has 0 saturated heterocycles. The predicted molar refractivity (Wildman–Crippen MR) is 101 cm³/mol.